The van der Waals surface area contributed by atoms with E-state index in [4.69, 9.17) is 0 Å². The van der Waals surface area contributed by atoms with E-state index in [1.807, 2.05) is 30.3 Å². The Morgan fingerprint density at radius 2 is 2.07 bits per heavy atom. The molecule has 144 valence electrons. The van der Waals surface area contributed by atoms with E-state index in [1.54, 1.807) is 29.6 Å². The molecule has 0 aliphatic carbocycles. The molecule has 2 aromatic heterocycles. The summed E-state index contributed by atoms with van der Waals surface area (Å²) in [6, 6.07) is 9.18. The second-order valence-corrected chi connectivity index (χ2v) is 7.14. The minimum absolute atomic E-state index is 0.254. The normalized spacial score (nSPS) is 19.7. The Kier molecular flexibility index (Phi) is 4.54. The predicted molar refractivity (Wildman–Crippen MR) is 102 cm³/mol. The van der Waals surface area contributed by atoms with Crippen molar-refractivity contribution in [2.45, 2.75) is 32.7 Å². The first-order chi connectivity index (χ1) is 13.5. The molecule has 0 radical (unpaired) electrons. The number of nitrogens with zero attached hydrogens (tertiary/aromatic N) is 5. The van der Waals surface area contributed by atoms with E-state index in [0.29, 0.717) is 25.1 Å². The van der Waals surface area contributed by atoms with E-state index >= 15 is 0 Å². The minimum atomic E-state index is -0.866. The predicted octanol–water partition coefficient (Wildman–Crippen LogP) is 2.45. The van der Waals surface area contributed by atoms with Gasteiger partial charge < -0.3 is 10.0 Å². The summed E-state index contributed by atoms with van der Waals surface area (Å²) < 4.78 is 1.63. The summed E-state index contributed by atoms with van der Waals surface area (Å²) in [4.78, 5) is 30.4. The third kappa shape index (κ3) is 3.00. The Hall–Kier alpha value is -3.29. The van der Waals surface area contributed by atoms with E-state index < -0.39 is 11.9 Å². The summed E-state index contributed by atoms with van der Waals surface area (Å²) in [6.45, 7) is 4.10. The first-order valence-corrected chi connectivity index (χ1v) is 9.28. The van der Waals surface area contributed by atoms with Crippen molar-refractivity contribution >= 4 is 22.8 Å². The second-order valence-electron chi connectivity index (χ2n) is 7.14. The molecule has 4 rings (SSSR count). The van der Waals surface area contributed by atoms with Crippen LogP contribution in [-0.4, -0.2) is 54.4 Å². The van der Waals surface area contributed by atoms with Crippen LogP contribution in [0.15, 0.2) is 36.5 Å². The van der Waals surface area contributed by atoms with Crippen molar-refractivity contribution in [3.63, 3.8) is 0 Å². The van der Waals surface area contributed by atoms with Gasteiger partial charge in [0.05, 0.1) is 22.8 Å². The van der Waals surface area contributed by atoms with Gasteiger partial charge in [-0.05, 0) is 51.0 Å². The van der Waals surface area contributed by atoms with Crippen LogP contribution in [0.25, 0.3) is 16.6 Å². The number of hydrogen-bond acceptors (Lipinski definition) is 5. The molecule has 3 aromatic rings. The van der Waals surface area contributed by atoms with E-state index in [-0.39, 0.29) is 17.6 Å². The van der Waals surface area contributed by atoms with Crippen molar-refractivity contribution in [1.29, 1.82) is 0 Å². The third-order valence-electron chi connectivity index (χ3n) is 5.49. The van der Waals surface area contributed by atoms with Crippen LogP contribution in [0.5, 0.6) is 0 Å². The maximum Gasteiger partial charge on any atom is 0.308 e. The number of carbonyl (C=O) groups excluding carboxylic acids is 1. The van der Waals surface area contributed by atoms with Crippen LogP contribution in [-0.2, 0) is 4.79 Å². The smallest absolute Gasteiger partial charge is 0.308 e. The summed E-state index contributed by atoms with van der Waals surface area (Å²) in [5.41, 5.74) is 2.55. The number of likely N-dealkylation sites (tertiary alicyclic amines) is 1. The lowest BCUT2D eigenvalue weighted by Gasteiger charge is -2.37. The number of aliphatic carboxylic acids is 1. The molecule has 8 heteroatoms. The lowest BCUT2D eigenvalue weighted by molar-refractivity contribution is -0.144. The van der Waals surface area contributed by atoms with Crippen LogP contribution >= 0.6 is 0 Å². The molecule has 0 spiro atoms. The van der Waals surface area contributed by atoms with Crippen LogP contribution in [0.4, 0.5) is 0 Å². The van der Waals surface area contributed by atoms with E-state index in [1.165, 1.54) is 0 Å². The maximum atomic E-state index is 13.1. The van der Waals surface area contributed by atoms with E-state index in [0.717, 1.165) is 16.6 Å². The highest BCUT2D eigenvalue weighted by Crippen LogP contribution is 2.26. The number of amides is 1. The Balaban J connectivity index is 1.65. The van der Waals surface area contributed by atoms with E-state index in [9.17, 15) is 14.7 Å². The van der Waals surface area contributed by atoms with Crippen molar-refractivity contribution < 1.29 is 14.7 Å². The van der Waals surface area contributed by atoms with Gasteiger partial charge in [-0.25, -0.2) is 4.68 Å². The Morgan fingerprint density at radius 3 is 2.86 bits per heavy atom. The summed E-state index contributed by atoms with van der Waals surface area (Å²) in [6.07, 6.45) is 2.98. The zero-order valence-corrected chi connectivity index (χ0v) is 15.7. The lowest BCUT2D eigenvalue weighted by atomic mass is 9.90. The highest BCUT2D eigenvalue weighted by molar-refractivity contribution is 5.94. The second kappa shape index (κ2) is 7.03. The zero-order chi connectivity index (χ0) is 19.8. The van der Waals surface area contributed by atoms with Gasteiger partial charge in [-0.1, -0.05) is 11.3 Å². The molecule has 0 unspecified atom stereocenters. The summed E-state index contributed by atoms with van der Waals surface area (Å²) >= 11 is 0. The van der Waals surface area contributed by atoms with Gasteiger partial charge in [0.1, 0.15) is 0 Å². The van der Waals surface area contributed by atoms with Gasteiger partial charge in [0.15, 0.2) is 5.69 Å². The first-order valence-electron chi connectivity index (χ1n) is 9.28. The summed E-state index contributed by atoms with van der Waals surface area (Å²) in [7, 11) is 0. The van der Waals surface area contributed by atoms with Gasteiger partial charge in [0.2, 0.25) is 0 Å². The van der Waals surface area contributed by atoms with Gasteiger partial charge >= 0.3 is 5.97 Å². The molecule has 1 aliphatic heterocycles. The van der Waals surface area contributed by atoms with Crippen molar-refractivity contribution in [1.82, 2.24) is 24.9 Å². The lowest BCUT2D eigenvalue weighted by Crippen LogP contribution is -2.49. The van der Waals surface area contributed by atoms with Gasteiger partial charge in [0, 0.05) is 24.2 Å². The first kappa shape index (κ1) is 18.1. The van der Waals surface area contributed by atoms with Gasteiger partial charge in [-0.15, -0.1) is 5.10 Å². The minimum Gasteiger partial charge on any atom is -0.481 e. The van der Waals surface area contributed by atoms with E-state index in [2.05, 4.69) is 15.3 Å². The molecule has 1 aliphatic rings. The molecular formula is C20H21N5O3. The zero-order valence-electron chi connectivity index (χ0n) is 15.7. The molecular weight excluding hydrogens is 358 g/mol. The molecule has 1 N–H and O–H groups in total. The number of fused-ring (bicyclic) bond motifs is 1. The monoisotopic (exact) mass is 379 g/mol. The van der Waals surface area contributed by atoms with Crippen molar-refractivity contribution in [3.8, 4) is 5.69 Å². The van der Waals surface area contributed by atoms with Crippen molar-refractivity contribution in [2.24, 2.45) is 5.92 Å². The fraction of sp³-hybridized carbons (Fsp3) is 0.350. The molecule has 2 atom stereocenters. The molecule has 28 heavy (non-hydrogen) atoms. The number of aromatic nitrogens is 4. The van der Waals surface area contributed by atoms with Crippen molar-refractivity contribution in [3.05, 3.63) is 47.9 Å². The molecule has 1 amide bonds. The molecule has 8 nitrogen and oxygen atoms in total. The van der Waals surface area contributed by atoms with Gasteiger partial charge in [-0.3, -0.25) is 14.6 Å². The summed E-state index contributed by atoms with van der Waals surface area (Å²) in [5.74, 6) is -1.69. The Labute approximate surface area is 161 Å². The molecule has 3 heterocycles. The fourth-order valence-electron chi connectivity index (χ4n) is 3.86. The number of hydrogen-bond donors (Lipinski definition) is 1. The van der Waals surface area contributed by atoms with Gasteiger partial charge in [0.25, 0.3) is 5.91 Å². The SMILES string of the molecule is Cc1c(C(=O)N2CCC[C@@H](C(=O)O)[C@H]2C)nnn1-c1ccc2ncccc2c1. The molecule has 1 aromatic carbocycles. The molecule has 1 saturated heterocycles. The largest absolute Gasteiger partial charge is 0.481 e. The Bertz CT molecular complexity index is 1060. The number of benzene rings is 1. The van der Waals surface area contributed by atoms with Crippen molar-refractivity contribution in [2.75, 3.05) is 6.54 Å². The van der Waals surface area contributed by atoms with Crippen LogP contribution < -0.4 is 0 Å². The number of rotatable bonds is 3. The van der Waals surface area contributed by atoms with Crippen LogP contribution in [0.3, 0.4) is 0 Å². The topological polar surface area (TPSA) is 101 Å². The number of carboxylic acids is 1. The molecule has 0 saturated carbocycles. The number of carbonyl (C=O) groups is 2. The molecule has 1 fully saturated rings. The average molecular weight is 379 g/mol. The number of carboxylic acid groups (broad SMARTS) is 1. The van der Waals surface area contributed by atoms with Crippen LogP contribution in [0.1, 0.15) is 35.9 Å². The Morgan fingerprint density at radius 1 is 1.25 bits per heavy atom. The fourth-order valence-corrected chi connectivity index (χ4v) is 3.86. The highest BCUT2D eigenvalue weighted by atomic mass is 16.4. The van der Waals surface area contributed by atoms with Crippen LogP contribution in [0.2, 0.25) is 0 Å². The number of pyridine rings is 1. The third-order valence-corrected chi connectivity index (χ3v) is 5.49. The average Bonchev–Trinajstić information content (AvgIpc) is 3.08. The highest BCUT2D eigenvalue weighted by Gasteiger charge is 2.37. The quantitative estimate of drug-likeness (QED) is 0.750. The standard InChI is InChI=1S/C20H21N5O3/c1-12-16(20(27)28)6-4-10-24(12)19(26)18-13(2)25(23-22-18)15-7-8-17-14(11-15)5-3-9-21-17/h3,5,7-9,11-12,16H,4,6,10H2,1-2H3,(H,27,28)/t12-,16-/m1/s1. The molecule has 0 bridgehead atoms. The van der Waals surface area contributed by atoms with Crippen LogP contribution in [0, 0.1) is 12.8 Å². The van der Waals surface area contributed by atoms with Gasteiger partial charge in [-0.2, -0.15) is 0 Å². The number of piperidine rings is 1. The summed E-state index contributed by atoms with van der Waals surface area (Å²) in [5, 5.41) is 18.6. The maximum absolute atomic E-state index is 13.1.